The lowest BCUT2D eigenvalue weighted by atomic mass is 9.98. The number of pyridine rings is 2. The number of fused-ring (bicyclic) bond motifs is 3. The SMILES string of the molecule is COc1cc2c(cn1)-c1cccnc1C(C)C(=O)N2CC(=O)Nc1ccc(C(F)F)cc1. The molecule has 2 amide bonds. The van der Waals surface area contributed by atoms with Gasteiger partial charge in [0.25, 0.3) is 6.43 Å². The van der Waals surface area contributed by atoms with Gasteiger partial charge >= 0.3 is 0 Å². The number of methoxy groups -OCH3 is 1. The molecule has 0 bridgehead atoms. The molecule has 0 saturated carbocycles. The molecule has 3 heterocycles. The lowest BCUT2D eigenvalue weighted by molar-refractivity contribution is -0.122. The van der Waals surface area contributed by atoms with E-state index in [1.165, 1.54) is 36.3 Å². The second kappa shape index (κ2) is 8.70. The highest BCUT2D eigenvalue weighted by Gasteiger charge is 2.34. The van der Waals surface area contributed by atoms with Gasteiger partial charge < -0.3 is 15.0 Å². The average Bonchev–Trinajstić information content (AvgIpc) is 2.89. The van der Waals surface area contributed by atoms with Gasteiger partial charge in [0.1, 0.15) is 6.54 Å². The summed E-state index contributed by atoms with van der Waals surface area (Å²) < 4.78 is 30.7. The molecular weight excluding hydrogens is 418 g/mol. The number of anilines is 2. The predicted octanol–water partition coefficient (Wildman–Crippen LogP) is 4.18. The summed E-state index contributed by atoms with van der Waals surface area (Å²) in [6.45, 7) is 1.45. The van der Waals surface area contributed by atoms with Crippen LogP contribution in [0.25, 0.3) is 11.1 Å². The van der Waals surface area contributed by atoms with Crippen LogP contribution in [0.4, 0.5) is 20.2 Å². The number of benzene rings is 1. The Labute approximate surface area is 183 Å². The van der Waals surface area contributed by atoms with E-state index in [1.807, 2.05) is 6.07 Å². The minimum absolute atomic E-state index is 0.140. The molecule has 1 aliphatic rings. The highest BCUT2D eigenvalue weighted by atomic mass is 19.3. The number of hydrogen-bond donors (Lipinski definition) is 1. The van der Waals surface area contributed by atoms with Gasteiger partial charge in [0.2, 0.25) is 17.7 Å². The molecule has 1 aliphatic heterocycles. The Kier molecular flexibility index (Phi) is 5.81. The smallest absolute Gasteiger partial charge is 0.263 e. The van der Waals surface area contributed by atoms with Gasteiger partial charge in [-0.25, -0.2) is 13.8 Å². The number of aromatic nitrogens is 2. The molecule has 9 heteroatoms. The number of alkyl halides is 2. The van der Waals surface area contributed by atoms with Crippen LogP contribution in [0.5, 0.6) is 5.88 Å². The van der Waals surface area contributed by atoms with E-state index in [4.69, 9.17) is 4.74 Å². The van der Waals surface area contributed by atoms with Crippen molar-refractivity contribution in [3.05, 3.63) is 66.1 Å². The fraction of sp³-hybridized carbons (Fsp3) is 0.217. The molecule has 4 rings (SSSR count). The average molecular weight is 438 g/mol. The Bertz CT molecular complexity index is 1170. The van der Waals surface area contributed by atoms with Gasteiger partial charge in [-0.3, -0.25) is 14.6 Å². The zero-order chi connectivity index (χ0) is 22.8. The van der Waals surface area contributed by atoms with Crippen LogP contribution in [0.2, 0.25) is 0 Å². The topological polar surface area (TPSA) is 84.4 Å². The lowest BCUT2D eigenvalue weighted by Gasteiger charge is -2.24. The first-order valence-electron chi connectivity index (χ1n) is 9.87. The molecule has 164 valence electrons. The summed E-state index contributed by atoms with van der Waals surface area (Å²) in [5.41, 5.74) is 2.69. The molecule has 1 unspecified atom stereocenters. The minimum atomic E-state index is -2.59. The third-order valence-electron chi connectivity index (χ3n) is 5.28. The van der Waals surface area contributed by atoms with Crippen molar-refractivity contribution in [3.8, 4) is 17.0 Å². The summed E-state index contributed by atoms with van der Waals surface area (Å²) in [6.07, 6.45) is 0.616. The fourth-order valence-corrected chi connectivity index (χ4v) is 3.65. The van der Waals surface area contributed by atoms with Crippen LogP contribution in [0.15, 0.2) is 54.9 Å². The van der Waals surface area contributed by atoms with Crippen LogP contribution >= 0.6 is 0 Å². The van der Waals surface area contributed by atoms with E-state index in [-0.39, 0.29) is 18.0 Å². The third-order valence-corrected chi connectivity index (χ3v) is 5.28. The molecule has 1 N–H and O–H groups in total. The van der Waals surface area contributed by atoms with Crippen LogP contribution in [-0.4, -0.2) is 35.4 Å². The number of hydrogen-bond acceptors (Lipinski definition) is 5. The van der Waals surface area contributed by atoms with Gasteiger partial charge in [-0.2, -0.15) is 0 Å². The monoisotopic (exact) mass is 438 g/mol. The van der Waals surface area contributed by atoms with Gasteiger partial charge in [0.05, 0.1) is 24.4 Å². The Morgan fingerprint density at radius 1 is 1.19 bits per heavy atom. The van der Waals surface area contributed by atoms with Gasteiger partial charge in [0.15, 0.2) is 0 Å². The molecule has 0 fully saturated rings. The van der Waals surface area contributed by atoms with Crippen molar-refractivity contribution in [2.45, 2.75) is 19.3 Å². The second-order valence-corrected chi connectivity index (χ2v) is 7.30. The molecule has 0 spiro atoms. The van der Waals surface area contributed by atoms with E-state index in [9.17, 15) is 18.4 Å². The molecule has 0 aliphatic carbocycles. The van der Waals surface area contributed by atoms with Crippen molar-refractivity contribution >= 4 is 23.2 Å². The first-order valence-corrected chi connectivity index (χ1v) is 9.87. The number of nitrogens with one attached hydrogen (secondary N) is 1. The lowest BCUT2D eigenvalue weighted by Crippen LogP contribution is -2.40. The summed E-state index contributed by atoms with van der Waals surface area (Å²) in [7, 11) is 1.46. The Balaban J connectivity index is 1.67. The number of halogens is 2. The van der Waals surface area contributed by atoms with E-state index in [0.717, 1.165) is 5.56 Å². The van der Waals surface area contributed by atoms with Crippen LogP contribution in [0.3, 0.4) is 0 Å². The van der Waals surface area contributed by atoms with Gasteiger partial charge in [-0.15, -0.1) is 0 Å². The van der Waals surface area contributed by atoms with Gasteiger partial charge in [0, 0.05) is 40.8 Å². The van der Waals surface area contributed by atoms with Crippen molar-refractivity contribution in [1.29, 1.82) is 0 Å². The van der Waals surface area contributed by atoms with Gasteiger partial charge in [-0.05, 0) is 25.1 Å². The highest BCUT2D eigenvalue weighted by Crippen LogP contribution is 2.40. The largest absolute Gasteiger partial charge is 0.481 e. The molecule has 0 radical (unpaired) electrons. The molecule has 1 atom stereocenters. The van der Waals surface area contributed by atoms with E-state index >= 15 is 0 Å². The second-order valence-electron chi connectivity index (χ2n) is 7.30. The van der Waals surface area contributed by atoms with Crippen molar-refractivity contribution in [1.82, 2.24) is 9.97 Å². The predicted molar refractivity (Wildman–Crippen MR) is 115 cm³/mol. The summed E-state index contributed by atoms with van der Waals surface area (Å²) in [5, 5.41) is 2.65. The Morgan fingerprint density at radius 2 is 1.94 bits per heavy atom. The van der Waals surface area contributed by atoms with E-state index in [0.29, 0.717) is 28.5 Å². The fourth-order valence-electron chi connectivity index (χ4n) is 3.65. The van der Waals surface area contributed by atoms with Crippen LogP contribution < -0.4 is 15.0 Å². The number of ether oxygens (including phenoxy) is 1. The van der Waals surface area contributed by atoms with Crippen molar-refractivity contribution < 1.29 is 23.1 Å². The molecule has 32 heavy (non-hydrogen) atoms. The minimum Gasteiger partial charge on any atom is -0.481 e. The zero-order valence-electron chi connectivity index (χ0n) is 17.4. The number of amides is 2. The zero-order valence-corrected chi connectivity index (χ0v) is 17.4. The molecule has 0 saturated heterocycles. The van der Waals surface area contributed by atoms with Crippen LogP contribution in [0, 0.1) is 0 Å². The Morgan fingerprint density at radius 3 is 2.62 bits per heavy atom. The maximum absolute atomic E-state index is 13.3. The van der Waals surface area contributed by atoms with E-state index in [2.05, 4.69) is 15.3 Å². The number of carbonyl (C=O) groups is 2. The molecule has 7 nitrogen and oxygen atoms in total. The van der Waals surface area contributed by atoms with Crippen LogP contribution in [0.1, 0.15) is 30.5 Å². The number of rotatable bonds is 5. The summed E-state index contributed by atoms with van der Waals surface area (Å²) in [4.78, 5) is 36.1. The maximum Gasteiger partial charge on any atom is 0.263 e. The summed E-state index contributed by atoms with van der Waals surface area (Å²) in [6, 6.07) is 10.5. The van der Waals surface area contributed by atoms with Gasteiger partial charge in [-0.1, -0.05) is 18.2 Å². The Hall–Kier alpha value is -3.88. The summed E-state index contributed by atoms with van der Waals surface area (Å²) >= 11 is 0. The maximum atomic E-state index is 13.3. The van der Waals surface area contributed by atoms with Crippen LogP contribution in [-0.2, 0) is 9.59 Å². The molecule has 1 aromatic carbocycles. The molecule has 2 aromatic heterocycles. The first-order chi connectivity index (χ1) is 15.4. The summed E-state index contributed by atoms with van der Waals surface area (Å²) in [5.74, 6) is -1.08. The molecular formula is C23H20F2N4O3. The van der Waals surface area contributed by atoms with Crippen molar-refractivity contribution in [2.24, 2.45) is 0 Å². The van der Waals surface area contributed by atoms with Crippen molar-refractivity contribution in [3.63, 3.8) is 0 Å². The normalized spacial score (nSPS) is 15.1. The highest BCUT2D eigenvalue weighted by molar-refractivity contribution is 6.09. The number of nitrogens with zero attached hydrogens (tertiary/aromatic N) is 3. The molecule has 3 aromatic rings. The third kappa shape index (κ3) is 4.01. The van der Waals surface area contributed by atoms with E-state index < -0.39 is 18.3 Å². The number of carbonyl (C=O) groups excluding carboxylic acids is 2. The van der Waals surface area contributed by atoms with Crippen molar-refractivity contribution in [2.75, 3.05) is 23.9 Å². The standard InChI is InChI=1S/C23H20F2N4O3/c1-13-21-16(4-3-9-26-21)17-11-27-20(32-2)10-18(17)29(23(13)31)12-19(30)28-15-7-5-14(6-8-15)22(24)25/h3-11,13,22H,12H2,1-2H3,(H,28,30). The quantitative estimate of drug-likeness (QED) is 0.646. The first kappa shape index (κ1) is 21.4. The van der Waals surface area contributed by atoms with E-state index in [1.54, 1.807) is 31.5 Å².